The molecule has 8 nitrogen and oxygen atoms in total. The Morgan fingerprint density at radius 3 is 2.54 bits per heavy atom. The van der Waals surface area contributed by atoms with Crippen molar-refractivity contribution in [2.24, 2.45) is 0 Å². The maximum absolute atomic E-state index is 6.07. The second-order valence-corrected chi connectivity index (χ2v) is 7.28. The lowest BCUT2D eigenvalue weighted by Crippen LogP contribution is -2.42. The Morgan fingerprint density at radius 1 is 1.04 bits per heavy atom. The average Bonchev–Trinajstić information content (AvgIpc) is 3.38. The molecule has 8 heteroatoms. The molecule has 5 rings (SSSR count). The van der Waals surface area contributed by atoms with Crippen molar-refractivity contribution in [2.75, 3.05) is 7.11 Å². The summed E-state index contributed by atoms with van der Waals surface area (Å²) in [5.41, 5.74) is 2.12. The zero-order valence-electron chi connectivity index (χ0n) is 15.7. The van der Waals surface area contributed by atoms with E-state index in [0.29, 0.717) is 35.2 Å². The van der Waals surface area contributed by atoms with Crippen molar-refractivity contribution in [3.63, 3.8) is 0 Å². The van der Waals surface area contributed by atoms with Gasteiger partial charge in [0.15, 0.2) is 0 Å². The molecule has 2 saturated heterocycles. The summed E-state index contributed by atoms with van der Waals surface area (Å²) >= 11 is 0. The number of rotatable bonds is 5. The summed E-state index contributed by atoms with van der Waals surface area (Å²) in [7, 11) is 1.59. The van der Waals surface area contributed by atoms with E-state index in [0.717, 1.165) is 18.5 Å². The first-order chi connectivity index (χ1) is 13.8. The zero-order chi connectivity index (χ0) is 18.9. The molecule has 0 radical (unpaired) electrons. The third-order valence-corrected chi connectivity index (χ3v) is 5.40. The van der Waals surface area contributed by atoms with Gasteiger partial charge in [-0.25, -0.2) is 9.67 Å². The number of aromatic nitrogens is 5. The number of nitrogens with zero attached hydrogens (tertiary/aromatic N) is 5. The highest BCUT2D eigenvalue weighted by Gasteiger charge is 2.34. The van der Waals surface area contributed by atoms with Crippen molar-refractivity contribution >= 4 is 0 Å². The van der Waals surface area contributed by atoms with Gasteiger partial charge in [-0.3, -0.25) is 0 Å². The first-order valence-corrected chi connectivity index (χ1v) is 9.60. The monoisotopic (exact) mass is 378 g/mol. The molecule has 28 heavy (non-hydrogen) atoms. The number of hydrogen-bond acceptors (Lipinski definition) is 7. The fraction of sp³-hybridized carbons (Fsp3) is 0.400. The minimum atomic E-state index is 0.213. The molecule has 0 aromatic carbocycles. The molecule has 2 bridgehead atoms. The summed E-state index contributed by atoms with van der Waals surface area (Å²) in [6.07, 6.45) is 8.34. The van der Waals surface area contributed by atoms with Gasteiger partial charge in [-0.1, -0.05) is 0 Å². The van der Waals surface area contributed by atoms with Gasteiger partial charge in [0.05, 0.1) is 12.8 Å². The van der Waals surface area contributed by atoms with E-state index in [1.807, 2.05) is 36.5 Å². The Bertz CT molecular complexity index is 932. The Labute approximate surface area is 162 Å². The summed E-state index contributed by atoms with van der Waals surface area (Å²) in [5, 5.41) is 16.4. The van der Waals surface area contributed by atoms with Gasteiger partial charge in [0, 0.05) is 30.5 Å². The number of fused-ring (bicyclic) bond motifs is 2. The summed E-state index contributed by atoms with van der Waals surface area (Å²) in [6, 6.07) is 10.6. The Balaban J connectivity index is 1.33. The molecule has 144 valence electrons. The number of pyridine rings is 1. The van der Waals surface area contributed by atoms with Gasteiger partial charge in [0.2, 0.25) is 11.8 Å². The van der Waals surface area contributed by atoms with E-state index < -0.39 is 0 Å². The van der Waals surface area contributed by atoms with Crippen LogP contribution in [0.15, 0.2) is 42.7 Å². The largest absolute Gasteiger partial charge is 0.479 e. The van der Waals surface area contributed by atoms with Crippen LogP contribution in [0.2, 0.25) is 0 Å². The number of ether oxygens (including phenoxy) is 2. The Kier molecular flexibility index (Phi) is 4.40. The first-order valence-electron chi connectivity index (χ1n) is 9.60. The molecule has 3 atom stereocenters. The van der Waals surface area contributed by atoms with Crippen molar-refractivity contribution in [1.82, 2.24) is 30.3 Å². The lowest BCUT2D eigenvalue weighted by Gasteiger charge is -2.28. The van der Waals surface area contributed by atoms with Crippen LogP contribution in [-0.4, -0.2) is 50.3 Å². The van der Waals surface area contributed by atoms with Crippen LogP contribution in [0.4, 0.5) is 0 Å². The molecule has 0 saturated carbocycles. The van der Waals surface area contributed by atoms with E-state index in [4.69, 9.17) is 9.47 Å². The molecule has 3 aromatic heterocycles. The zero-order valence-corrected chi connectivity index (χ0v) is 15.7. The highest BCUT2D eigenvalue weighted by molar-refractivity contribution is 5.58. The van der Waals surface area contributed by atoms with Crippen molar-refractivity contribution in [3.05, 3.63) is 42.7 Å². The molecular formula is C20H22N6O2. The third kappa shape index (κ3) is 3.31. The maximum atomic E-state index is 6.07. The van der Waals surface area contributed by atoms with E-state index in [-0.39, 0.29) is 6.10 Å². The number of methoxy groups -OCH3 is 1. The van der Waals surface area contributed by atoms with Crippen molar-refractivity contribution in [1.29, 1.82) is 0 Å². The summed E-state index contributed by atoms with van der Waals surface area (Å²) in [6.45, 7) is 0. The predicted octanol–water partition coefficient (Wildman–Crippen LogP) is 2.39. The lowest BCUT2D eigenvalue weighted by atomic mass is 10.0. The molecule has 0 spiro atoms. The standard InChI is InChI=1S/C20H22N6O2/c1-27-20-18(26-10-2-9-21-26)7-5-16(23-20)17-6-8-19(25-24-17)28-15-11-13-3-4-14(12-15)22-13/h2,5-10,13-15,22H,3-4,11-12H2,1H3/t13-,14+,15-. The minimum Gasteiger partial charge on any atom is -0.479 e. The van der Waals surface area contributed by atoms with Crippen LogP contribution in [0, 0.1) is 0 Å². The van der Waals surface area contributed by atoms with E-state index in [9.17, 15) is 0 Å². The van der Waals surface area contributed by atoms with Crippen LogP contribution in [0.25, 0.3) is 17.1 Å². The van der Waals surface area contributed by atoms with Gasteiger partial charge >= 0.3 is 0 Å². The fourth-order valence-electron chi connectivity index (χ4n) is 4.10. The van der Waals surface area contributed by atoms with E-state index in [2.05, 4.69) is 25.6 Å². The van der Waals surface area contributed by atoms with Gasteiger partial charge in [-0.2, -0.15) is 5.10 Å². The molecular weight excluding hydrogens is 356 g/mol. The van der Waals surface area contributed by atoms with Crippen molar-refractivity contribution in [3.8, 4) is 28.8 Å². The van der Waals surface area contributed by atoms with Crippen LogP contribution in [0.5, 0.6) is 11.8 Å². The Hall–Kier alpha value is -3.00. The molecule has 0 amide bonds. The molecule has 1 N–H and O–H groups in total. The summed E-state index contributed by atoms with van der Waals surface area (Å²) < 4.78 is 13.2. The van der Waals surface area contributed by atoms with E-state index in [1.54, 1.807) is 18.0 Å². The van der Waals surface area contributed by atoms with Gasteiger partial charge in [-0.05, 0) is 49.9 Å². The smallest absolute Gasteiger partial charge is 0.240 e. The van der Waals surface area contributed by atoms with Gasteiger partial charge < -0.3 is 14.8 Å². The fourth-order valence-corrected chi connectivity index (χ4v) is 4.10. The molecule has 0 aliphatic carbocycles. The number of nitrogens with one attached hydrogen (secondary N) is 1. The van der Waals surface area contributed by atoms with E-state index >= 15 is 0 Å². The molecule has 0 unspecified atom stereocenters. The topological polar surface area (TPSA) is 87.0 Å². The van der Waals surface area contributed by atoms with Gasteiger partial charge in [-0.15, -0.1) is 10.2 Å². The van der Waals surface area contributed by atoms with Crippen LogP contribution in [0.3, 0.4) is 0 Å². The van der Waals surface area contributed by atoms with Crippen LogP contribution in [0.1, 0.15) is 25.7 Å². The summed E-state index contributed by atoms with van der Waals surface area (Å²) in [4.78, 5) is 4.56. The lowest BCUT2D eigenvalue weighted by molar-refractivity contribution is 0.130. The quantitative estimate of drug-likeness (QED) is 0.729. The van der Waals surface area contributed by atoms with Crippen LogP contribution in [-0.2, 0) is 0 Å². The minimum absolute atomic E-state index is 0.213. The average molecular weight is 378 g/mol. The highest BCUT2D eigenvalue weighted by atomic mass is 16.5. The van der Waals surface area contributed by atoms with Crippen LogP contribution >= 0.6 is 0 Å². The maximum Gasteiger partial charge on any atom is 0.240 e. The Morgan fingerprint density at radius 2 is 1.86 bits per heavy atom. The second kappa shape index (κ2) is 7.20. The highest BCUT2D eigenvalue weighted by Crippen LogP contribution is 2.29. The van der Waals surface area contributed by atoms with Crippen LogP contribution < -0.4 is 14.8 Å². The van der Waals surface area contributed by atoms with Crippen molar-refractivity contribution in [2.45, 2.75) is 43.9 Å². The molecule has 5 heterocycles. The van der Waals surface area contributed by atoms with Crippen molar-refractivity contribution < 1.29 is 9.47 Å². The first kappa shape index (κ1) is 17.1. The summed E-state index contributed by atoms with van der Waals surface area (Å²) in [5.74, 6) is 1.05. The number of hydrogen-bond donors (Lipinski definition) is 1. The molecule has 2 aliphatic rings. The van der Waals surface area contributed by atoms with E-state index in [1.165, 1.54) is 12.8 Å². The SMILES string of the molecule is COc1nc(-c2ccc(O[C@@H]3C[C@H]4CC[C@@H](C3)N4)nn2)ccc1-n1cccn1. The molecule has 2 fully saturated rings. The normalized spacial score (nSPS) is 23.5. The second-order valence-electron chi connectivity index (χ2n) is 7.28. The van der Waals surface area contributed by atoms with Gasteiger partial charge in [0.25, 0.3) is 0 Å². The predicted molar refractivity (Wildman–Crippen MR) is 103 cm³/mol. The van der Waals surface area contributed by atoms with Gasteiger partial charge in [0.1, 0.15) is 17.5 Å². The molecule has 3 aromatic rings. The molecule has 2 aliphatic heterocycles. The number of piperidine rings is 1. The third-order valence-electron chi connectivity index (χ3n) is 5.40.